The molecule has 0 atom stereocenters. The molecule has 1 heterocycles. The smallest absolute Gasteiger partial charge is 0.358 e. The van der Waals surface area contributed by atoms with Gasteiger partial charge in [-0.25, -0.2) is 0 Å². The number of nitriles is 1. The third kappa shape index (κ3) is 1.57. The lowest BCUT2D eigenvalue weighted by atomic mass is 10.3. The summed E-state index contributed by atoms with van der Waals surface area (Å²) in [5, 5.41) is 18.7. The minimum absolute atomic E-state index is 0.0469. The summed E-state index contributed by atoms with van der Waals surface area (Å²) in [6.07, 6.45) is 1.28. The van der Waals surface area contributed by atoms with Crippen molar-refractivity contribution in [3.05, 3.63) is 32.4 Å². The van der Waals surface area contributed by atoms with Crippen molar-refractivity contribution in [2.24, 2.45) is 0 Å². The summed E-state index contributed by atoms with van der Waals surface area (Å²) in [5.41, 5.74) is -0.0469. The van der Waals surface area contributed by atoms with Crippen molar-refractivity contribution in [3.8, 4) is 6.07 Å². The number of hydrogen-bond acceptors (Lipinski definition) is 4. The number of nitro groups is 1. The minimum Gasteiger partial charge on any atom is -0.358 e. The Morgan fingerprint density at radius 1 is 1.75 bits per heavy atom. The van der Waals surface area contributed by atoms with Crippen LogP contribution in [-0.4, -0.2) is 9.91 Å². The summed E-state index contributed by atoms with van der Waals surface area (Å²) in [4.78, 5) is 13.1. The second-order valence-corrected chi connectivity index (χ2v) is 2.81. The highest BCUT2D eigenvalue weighted by Crippen LogP contribution is 2.18. The van der Waals surface area contributed by atoms with Gasteiger partial charge in [0.1, 0.15) is 6.07 Å². The molecule has 6 heteroatoms. The van der Waals surface area contributed by atoms with Crippen LogP contribution in [0, 0.1) is 21.4 Å². The van der Waals surface area contributed by atoms with Crippen LogP contribution in [0.15, 0.2) is 16.7 Å². The Morgan fingerprint density at radius 3 is 2.92 bits per heavy atom. The van der Waals surface area contributed by atoms with Crippen LogP contribution in [0.4, 0.5) is 5.82 Å². The van der Waals surface area contributed by atoms with E-state index in [9.17, 15) is 10.1 Å². The van der Waals surface area contributed by atoms with Gasteiger partial charge in [0.05, 0.1) is 4.47 Å². The van der Waals surface area contributed by atoms with Crippen LogP contribution < -0.4 is 0 Å². The van der Waals surface area contributed by atoms with E-state index in [1.165, 1.54) is 12.3 Å². The first kappa shape index (κ1) is 8.62. The lowest BCUT2D eigenvalue weighted by Gasteiger charge is -1.93. The molecule has 0 saturated heterocycles. The van der Waals surface area contributed by atoms with E-state index in [2.05, 4.69) is 20.9 Å². The van der Waals surface area contributed by atoms with Gasteiger partial charge in [-0.05, 0) is 31.9 Å². The number of aromatic nitrogens is 1. The van der Waals surface area contributed by atoms with Gasteiger partial charge in [-0.3, -0.25) is 0 Å². The molecule has 0 N–H and O–H groups in total. The third-order valence-corrected chi connectivity index (χ3v) is 1.56. The van der Waals surface area contributed by atoms with Gasteiger partial charge < -0.3 is 10.1 Å². The van der Waals surface area contributed by atoms with Gasteiger partial charge in [-0.2, -0.15) is 5.26 Å². The zero-order valence-corrected chi connectivity index (χ0v) is 7.28. The number of hydrogen-bond donors (Lipinski definition) is 0. The van der Waals surface area contributed by atoms with Crippen molar-refractivity contribution in [2.45, 2.75) is 0 Å². The van der Waals surface area contributed by atoms with Gasteiger partial charge in [-0.15, -0.1) is 0 Å². The molecule has 5 nitrogen and oxygen atoms in total. The van der Waals surface area contributed by atoms with E-state index < -0.39 is 10.7 Å². The molecule has 1 aromatic heterocycles. The van der Waals surface area contributed by atoms with Crippen LogP contribution in [0.5, 0.6) is 0 Å². The molecule has 1 aromatic rings. The van der Waals surface area contributed by atoms with Crippen molar-refractivity contribution in [1.82, 2.24) is 4.98 Å². The maximum atomic E-state index is 10.3. The Bertz CT molecular complexity index is 372. The fourth-order valence-corrected chi connectivity index (χ4v) is 0.991. The summed E-state index contributed by atoms with van der Waals surface area (Å²) >= 11 is 3.05. The molecule has 0 bridgehead atoms. The van der Waals surface area contributed by atoms with Crippen LogP contribution in [0.2, 0.25) is 0 Å². The van der Waals surface area contributed by atoms with Gasteiger partial charge in [0.2, 0.25) is 0 Å². The van der Waals surface area contributed by atoms with Crippen LogP contribution in [0.3, 0.4) is 0 Å². The lowest BCUT2D eigenvalue weighted by Crippen LogP contribution is -1.95. The topological polar surface area (TPSA) is 79.8 Å². The minimum atomic E-state index is -0.689. The average Bonchev–Trinajstić information content (AvgIpc) is 2.03. The quantitative estimate of drug-likeness (QED) is 0.540. The monoisotopic (exact) mass is 227 g/mol. The third-order valence-electron chi connectivity index (χ3n) is 1.13. The molecule has 0 saturated carbocycles. The average molecular weight is 228 g/mol. The molecular formula is C6H2BrN3O2. The van der Waals surface area contributed by atoms with Gasteiger partial charge in [0.25, 0.3) is 0 Å². The van der Waals surface area contributed by atoms with Crippen molar-refractivity contribution >= 4 is 21.7 Å². The molecule has 12 heavy (non-hydrogen) atoms. The van der Waals surface area contributed by atoms with Gasteiger partial charge in [-0.1, -0.05) is 0 Å². The Labute approximate surface area is 75.9 Å². The molecule has 0 unspecified atom stereocenters. The van der Waals surface area contributed by atoms with Crippen LogP contribution in [-0.2, 0) is 0 Å². The first-order chi connectivity index (χ1) is 5.65. The van der Waals surface area contributed by atoms with E-state index in [1.807, 2.05) is 0 Å². The molecule has 0 fully saturated rings. The van der Waals surface area contributed by atoms with E-state index in [-0.39, 0.29) is 5.56 Å². The first-order valence-corrected chi connectivity index (χ1v) is 3.64. The summed E-state index contributed by atoms with van der Waals surface area (Å²) in [6, 6.07) is 3.04. The van der Waals surface area contributed by atoms with Crippen LogP contribution >= 0.6 is 15.9 Å². The zero-order chi connectivity index (χ0) is 9.14. The highest BCUT2D eigenvalue weighted by atomic mass is 79.9. The number of rotatable bonds is 1. The van der Waals surface area contributed by atoms with Gasteiger partial charge >= 0.3 is 5.82 Å². The summed E-state index contributed by atoms with van der Waals surface area (Å²) < 4.78 is 0.546. The molecule has 0 amide bonds. The molecule has 0 aliphatic heterocycles. The Hall–Kier alpha value is -1.48. The van der Waals surface area contributed by atoms with Crippen LogP contribution in [0.1, 0.15) is 5.56 Å². The SMILES string of the molecule is N#Cc1cc(Br)cnc1[N+](=O)[O-]. The van der Waals surface area contributed by atoms with E-state index in [0.29, 0.717) is 4.47 Å². The molecule has 0 radical (unpaired) electrons. The second-order valence-electron chi connectivity index (χ2n) is 1.89. The first-order valence-electron chi connectivity index (χ1n) is 2.85. The summed E-state index contributed by atoms with van der Waals surface area (Å²) in [7, 11) is 0. The summed E-state index contributed by atoms with van der Waals surface area (Å²) in [6.45, 7) is 0. The maximum absolute atomic E-state index is 10.3. The second kappa shape index (κ2) is 3.28. The maximum Gasteiger partial charge on any atom is 0.381 e. The number of pyridine rings is 1. The molecule has 1 rings (SSSR count). The standard InChI is InChI=1S/C6H2BrN3O2/c7-5-1-4(2-8)6(9-3-5)10(11)12/h1,3H. The number of nitrogens with zero attached hydrogens (tertiary/aromatic N) is 3. The molecule has 0 aliphatic rings. The van der Waals surface area contributed by atoms with E-state index in [0.717, 1.165) is 0 Å². The van der Waals surface area contributed by atoms with Crippen molar-refractivity contribution in [1.29, 1.82) is 5.26 Å². The summed E-state index contributed by atoms with van der Waals surface area (Å²) in [5.74, 6) is -0.416. The zero-order valence-electron chi connectivity index (χ0n) is 5.69. The van der Waals surface area contributed by atoms with Gasteiger partial charge in [0, 0.05) is 0 Å². The van der Waals surface area contributed by atoms with Crippen molar-refractivity contribution in [3.63, 3.8) is 0 Å². The fraction of sp³-hybridized carbons (Fsp3) is 0. The van der Waals surface area contributed by atoms with Crippen molar-refractivity contribution in [2.75, 3.05) is 0 Å². The molecule has 0 aromatic carbocycles. The predicted molar refractivity (Wildman–Crippen MR) is 43.3 cm³/mol. The normalized spacial score (nSPS) is 9.00. The number of halogens is 1. The lowest BCUT2D eigenvalue weighted by molar-refractivity contribution is -0.389. The molecule has 60 valence electrons. The van der Waals surface area contributed by atoms with Crippen molar-refractivity contribution < 1.29 is 4.92 Å². The molecular weight excluding hydrogens is 226 g/mol. The Balaban J connectivity index is 3.32. The van der Waals surface area contributed by atoms with E-state index >= 15 is 0 Å². The largest absolute Gasteiger partial charge is 0.381 e. The Morgan fingerprint density at radius 2 is 2.42 bits per heavy atom. The van der Waals surface area contributed by atoms with E-state index in [1.54, 1.807) is 6.07 Å². The van der Waals surface area contributed by atoms with E-state index in [4.69, 9.17) is 5.26 Å². The highest BCUT2D eigenvalue weighted by Gasteiger charge is 2.14. The fourth-order valence-electron chi connectivity index (χ4n) is 0.660. The van der Waals surface area contributed by atoms with Gasteiger partial charge in [0.15, 0.2) is 11.8 Å². The highest BCUT2D eigenvalue weighted by molar-refractivity contribution is 9.10. The predicted octanol–water partition coefficient (Wildman–Crippen LogP) is 1.62. The van der Waals surface area contributed by atoms with Crippen LogP contribution in [0.25, 0.3) is 0 Å². The molecule has 0 spiro atoms. The Kier molecular flexibility index (Phi) is 2.35. The molecule has 0 aliphatic carbocycles.